The summed E-state index contributed by atoms with van der Waals surface area (Å²) in [5, 5.41) is 0.482. The van der Waals surface area contributed by atoms with Crippen molar-refractivity contribution in [2.75, 3.05) is 0 Å². The molecule has 128 valence electrons. The summed E-state index contributed by atoms with van der Waals surface area (Å²) in [5.41, 5.74) is 1.23. The zero-order valence-electron chi connectivity index (χ0n) is 14.0. The maximum absolute atomic E-state index is 13.4. The van der Waals surface area contributed by atoms with Crippen LogP contribution in [-0.4, -0.2) is 17.5 Å². The van der Waals surface area contributed by atoms with Gasteiger partial charge in [-0.3, -0.25) is 0 Å². The molecule has 0 radical (unpaired) electrons. The predicted molar refractivity (Wildman–Crippen MR) is 87.5 cm³/mol. The summed E-state index contributed by atoms with van der Waals surface area (Å²) >= 11 is 6.16. The number of hydrogen-bond acceptors (Lipinski definition) is 2. The van der Waals surface area contributed by atoms with Crippen LogP contribution in [0.4, 0.5) is 8.78 Å². The van der Waals surface area contributed by atoms with Crippen molar-refractivity contribution < 1.29 is 18.3 Å². The van der Waals surface area contributed by atoms with Crippen LogP contribution in [0.2, 0.25) is 5.02 Å². The largest absolute Gasteiger partial charge is 0.456 e. The highest BCUT2D eigenvalue weighted by atomic mass is 35.5. The third kappa shape index (κ3) is 4.43. The SMILES string of the molecule is Cc1c(Cl)ccc(C2CCC(F)(F)CC2)c1C(=O)OC(C)(C)C. The Morgan fingerprint density at radius 2 is 1.83 bits per heavy atom. The van der Waals surface area contributed by atoms with Gasteiger partial charge < -0.3 is 4.74 Å². The minimum Gasteiger partial charge on any atom is -0.456 e. The van der Waals surface area contributed by atoms with Crippen molar-refractivity contribution in [1.29, 1.82) is 0 Å². The van der Waals surface area contributed by atoms with Crippen molar-refractivity contribution >= 4 is 17.6 Å². The van der Waals surface area contributed by atoms with Crippen LogP contribution in [0.1, 0.15) is 73.9 Å². The standard InChI is InChI=1S/C18H23ClF2O2/c1-11-14(19)6-5-13(12-7-9-18(20,21)10-8-12)15(11)16(22)23-17(2,3)4/h5-6,12H,7-10H2,1-4H3. The molecule has 1 aromatic rings. The summed E-state index contributed by atoms with van der Waals surface area (Å²) in [6, 6.07) is 3.51. The molecule has 1 aliphatic rings. The molecule has 0 amide bonds. The molecule has 0 bridgehead atoms. The number of hydrogen-bond donors (Lipinski definition) is 0. The Hall–Kier alpha value is -1.16. The predicted octanol–water partition coefficient (Wildman–Crippen LogP) is 5.90. The number of benzene rings is 1. The van der Waals surface area contributed by atoms with Gasteiger partial charge in [-0.2, -0.15) is 0 Å². The number of carbonyl (C=O) groups excluding carboxylic acids is 1. The molecule has 0 saturated heterocycles. The van der Waals surface area contributed by atoms with Crippen molar-refractivity contribution in [1.82, 2.24) is 0 Å². The lowest BCUT2D eigenvalue weighted by molar-refractivity contribution is -0.0382. The second-order valence-electron chi connectivity index (χ2n) is 7.27. The zero-order valence-corrected chi connectivity index (χ0v) is 14.8. The molecular formula is C18H23ClF2O2. The van der Waals surface area contributed by atoms with E-state index in [-0.39, 0.29) is 18.8 Å². The molecule has 1 saturated carbocycles. The van der Waals surface area contributed by atoms with Crippen LogP contribution < -0.4 is 0 Å². The van der Waals surface area contributed by atoms with E-state index in [4.69, 9.17) is 16.3 Å². The Labute approximate surface area is 141 Å². The van der Waals surface area contributed by atoms with Gasteiger partial charge in [0.2, 0.25) is 5.92 Å². The van der Waals surface area contributed by atoms with Gasteiger partial charge >= 0.3 is 5.97 Å². The molecule has 2 nitrogen and oxygen atoms in total. The van der Waals surface area contributed by atoms with E-state index in [1.54, 1.807) is 39.8 Å². The molecule has 1 aliphatic carbocycles. The van der Waals surface area contributed by atoms with Gasteiger partial charge in [0.1, 0.15) is 5.60 Å². The molecule has 2 rings (SSSR count). The van der Waals surface area contributed by atoms with Crippen LogP contribution in [0.3, 0.4) is 0 Å². The summed E-state index contributed by atoms with van der Waals surface area (Å²) < 4.78 is 32.3. The first-order valence-electron chi connectivity index (χ1n) is 7.90. The Balaban J connectivity index is 2.37. The summed E-state index contributed by atoms with van der Waals surface area (Å²) in [4.78, 5) is 12.6. The molecule has 23 heavy (non-hydrogen) atoms. The van der Waals surface area contributed by atoms with Gasteiger partial charge in [0.25, 0.3) is 0 Å². The summed E-state index contributed by atoms with van der Waals surface area (Å²) in [5.74, 6) is -3.10. The molecule has 0 atom stereocenters. The number of ether oxygens (including phenoxy) is 1. The van der Waals surface area contributed by atoms with Gasteiger partial charge in [-0.25, -0.2) is 13.6 Å². The van der Waals surface area contributed by atoms with E-state index < -0.39 is 17.5 Å². The highest BCUT2D eigenvalue weighted by Gasteiger charge is 2.37. The molecule has 1 aromatic carbocycles. The molecule has 0 unspecified atom stereocenters. The summed E-state index contributed by atoms with van der Waals surface area (Å²) in [7, 11) is 0. The third-order valence-electron chi connectivity index (χ3n) is 4.19. The molecule has 0 aliphatic heterocycles. The van der Waals surface area contributed by atoms with Crippen LogP contribution in [0.5, 0.6) is 0 Å². The normalized spacial score (nSPS) is 18.7. The van der Waals surface area contributed by atoms with Gasteiger partial charge in [0.05, 0.1) is 5.56 Å². The minimum atomic E-state index is -2.59. The van der Waals surface area contributed by atoms with Gasteiger partial charge in [-0.15, -0.1) is 0 Å². The molecule has 0 spiro atoms. The van der Waals surface area contributed by atoms with E-state index in [1.807, 2.05) is 0 Å². The average molecular weight is 345 g/mol. The summed E-state index contributed by atoms with van der Waals surface area (Å²) in [6.07, 6.45) is 0.438. The quantitative estimate of drug-likeness (QED) is 0.624. The van der Waals surface area contributed by atoms with Crippen molar-refractivity contribution in [3.63, 3.8) is 0 Å². The molecule has 1 fully saturated rings. The maximum Gasteiger partial charge on any atom is 0.339 e. The smallest absolute Gasteiger partial charge is 0.339 e. The lowest BCUT2D eigenvalue weighted by Gasteiger charge is -2.30. The second kappa shape index (κ2) is 6.39. The fourth-order valence-corrected chi connectivity index (χ4v) is 3.16. The highest BCUT2D eigenvalue weighted by Crippen LogP contribution is 2.43. The Morgan fingerprint density at radius 1 is 1.26 bits per heavy atom. The van der Waals surface area contributed by atoms with Crippen LogP contribution in [0.15, 0.2) is 12.1 Å². The fourth-order valence-electron chi connectivity index (χ4n) is 3.00. The van der Waals surface area contributed by atoms with Crippen LogP contribution in [0, 0.1) is 6.92 Å². The zero-order chi connectivity index (χ0) is 17.4. The van der Waals surface area contributed by atoms with Crippen LogP contribution >= 0.6 is 11.6 Å². The van der Waals surface area contributed by atoms with Crippen molar-refractivity contribution in [2.45, 2.75) is 70.8 Å². The molecule has 0 N–H and O–H groups in total. The van der Waals surface area contributed by atoms with E-state index >= 15 is 0 Å². The fraction of sp³-hybridized carbons (Fsp3) is 0.611. The van der Waals surface area contributed by atoms with Crippen LogP contribution in [0.25, 0.3) is 0 Å². The third-order valence-corrected chi connectivity index (χ3v) is 4.60. The first-order valence-corrected chi connectivity index (χ1v) is 8.28. The van der Waals surface area contributed by atoms with E-state index in [2.05, 4.69) is 0 Å². The first-order chi connectivity index (χ1) is 10.5. The second-order valence-corrected chi connectivity index (χ2v) is 7.68. The van der Waals surface area contributed by atoms with Crippen molar-refractivity contribution in [3.8, 4) is 0 Å². The Kier molecular flexibility index (Phi) is 5.05. The number of rotatable bonds is 2. The highest BCUT2D eigenvalue weighted by molar-refractivity contribution is 6.31. The molecular weight excluding hydrogens is 322 g/mol. The van der Waals surface area contributed by atoms with Crippen LogP contribution in [-0.2, 0) is 4.74 Å². The van der Waals surface area contributed by atoms with Crippen molar-refractivity contribution in [3.05, 3.63) is 33.8 Å². The maximum atomic E-state index is 13.4. The molecule has 0 aromatic heterocycles. The number of alkyl halides is 2. The number of carbonyl (C=O) groups is 1. The number of halogens is 3. The summed E-state index contributed by atoms with van der Waals surface area (Å²) in [6.45, 7) is 7.16. The van der Waals surface area contributed by atoms with Gasteiger partial charge in [0.15, 0.2) is 0 Å². The monoisotopic (exact) mass is 344 g/mol. The Morgan fingerprint density at radius 3 is 2.35 bits per heavy atom. The molecule has 0 heterocycles. The lowest BCUT2D eigenvalue weighted by Crippen LogP contribution is -2.27. The van der Waals surface area contributed by atoms with Gasteiger partial charge in [-0.1, -0.05) is 17.7 Å². The van der Waals surface area contributed by atoms with Crippen molar-refractivity contribution in [2.24, 2.45) is 0 Å². The van der Waals surface area contributed by atoms with E-state index in [0.717, 1.165) is 5.56 Å². The topological polar surface area (TPSA) is 26.3 Å². The van der Waals surface area contributed by atoms with E-state index in [1.165, 1.54) is 0 Å². The number of esters is 1. The first kappa shape index (κ1) is 18.2. The lowest BCUT2D eigenvalue weighted by atomic mass is 9.79. The Bertz CT molecular complexity index is 596. The van der Waals surface area contributed by atoms with Gasteiger partial charge in [0, 0.05) is 17.9 Å². The van der Waals surface area contributed by atoms with E-state index in [9.17, 15) is 13.6 Å². The average Bonchev–Trinajstić information content (AvgIpc) is 2.40. The van der Waals surface area contributed by atoms with Gasteiger partial charge in [-0.05, 0) is 63.6 Å². The van der Waals surface area contributed by atoms with E-state index in [0.29, 0.717) is 29.0 Å². The molecule has 5 heteroatoms. The minimum absolute atomic E-state index is 0.0619.